The molecule has 0 aliphatic heterocycles. The molecule has 1 heterocycles. The average molecular weight is 177 g/mol. The topological polar surface area (TPSA) is 51.8 Å². The lowest BCUT2D eigenvalue weighted by Crippen LogP contribution is -2.02. The number of hydrogen-bond donors (Lipinski definition) is 1. The summed E-state index contributed by atoms with van der Waals surface area (Å²) < 4.78 is 12.7. The molecule has 2 N–H and O–H groups in total. The second-order valence-electron chi connectivity index (χ2n) is 2.69. The van der Waals surface area contributed by atoms with Crippen molar-refractivity contribution in [2.24, 2.45) is 5.73 Å². The molecule has 0 radical (unpaired) electrons. The molecule has 0 amide bonds. The molecule has 1 aromatic carbocycles. The van der Waals surface area contributed by atoms with Crippen LogP contribution in [0.3, 0.4) is 0 Å². The van der Waals surface area contributed by atoms with Crippen LogP contribution in [0.2, 0.25) is 0 Å². The van der Waals surface area contributed by atoms with Gasteiger partial charge in [0.1, 0.15) is 11.6 Å². The first-order valence-electron chi connectivity index (χ1n) is 3.91. The molecule has 0 aliphatic rings. The minimum atomic E-state index is -0.281. The molecule has 4 heteroatoms. The third-order valence-corrected chi connectivity index (χ3v) is 1.77. The zero-order valence-corrected chi connectivity index (χ0v) is 6.87. The number of aromatic nitrogens is 2. The van der Waals surface area contributed by atoms with E-state index in [1.165, 1.54) is 12.1 Å². The first-order valence-corrected chi connectivity index (χ1v) is 3.91. The van der Waals surface area contributed by atoms with Crippen molar-refractivity contribution in [2.45, 2.75) is 6.54 Å². The Balaban J connectivity index is 2.66. The first-order chi connectivity index (χ1) is 6.29. The third-order valence-electron chi connectivity index (χ3n) is 1.77. The maximum Gasteiger partial charge on any atom is 0.142 e. The van der Waals surface area contributed by atoms with Crippen LogP contribution < -0.4 is 5.73 Å². The summed E-state index contributed by atoms with van der Waals surface area (Å²) in [6.07, 6.45) is 1.58. The van der Waals surface area contributed by atoms with Gasteiger partial charge in [-0.2, -0.15) is 0 Å². The van der Waals surface area contributed by atoms with Crippen molar-refractivity contribution < 1.29 is 4.39 Å². The lowest BCUT2D eigenvalue weighted by molar-refractivity contribution is 0.629. The lowest BCUT2D eigenvalue weighted by Gasteiger charge is -1.98. The van der Waals surface area contributed by atoms with Crippen LogP contribution in [0.25, 0.3) is 10.9 Å². The maximum absolute atomic E-state index is 12.7. The summed E-state index contributed by atoms with van der Waals surface area (Å²) in [6.45, 7) is 0.299. The molecule has 0 unspecified atom stereocenters. The van der Waals surface area contributed by atoms with E-state index in [4.69, 9.17) is 5.73 Å². The van der Waals surface area contributed by atoms with E-state index in [9.17, 15) is 4.39 Å². The highest BCUT2D eigenvalue weighted by Gasteiger charge is 1.98. The number of nitrogens with zero attached hydrogens (tertiary/aromatic N) is 2. The fourth-order valence-electron chi connectivity index (χ4n) is 1.14. The van der Waals surface area contributed by atoms with Gasteiger partial charge < -0.3 is 5.73 Å². The van der Waals surface area contributed by atoms with Crippen molar-refractivity contribution in [1.29, 1.82) is 0 Å². The molecule has 2 rings (SSSR count). The van der Waals surface area contributed by atoms with Gasteiger partial charge in [-0.3, -0.25) is 0 Å². The molecule has 0 spiro atoms. The number of hydrogen-bond acceptors (Lipinski definition) is 3. The summed E-state index contributed by atoms with van der Waals surface area (Å²) >= 11 is 0. The van der Waals surface area contributed by atoms with Crippen molar-refractivity contribution >= 4 is 10.9 Å². The van der Waals surface area contributed by atoms with E-state index < -0.39 is 0 Å². The van der Waals surface area contributed by atoms with Crippen LogP contribution in [0, 0.1) is 5.82 Å². The Morgan fingerprint density at radius 1 is 1.38 bits per heavy atom. The molecule has 13 heavy (non-hydrogen) atoms. The summed E-state index contributed by atoms with van der Waals surface area (Å²) in [5, 5.41) is 0.692. The van der Waals surface area contributed by atoms with Crippen LogP contribution in [0.15, 0.2) is 24.4 Å². The van der Waals surface area contributed by atoms with E-state index in [-0.39, 0.29) is 5.82 Å². The predicted octanol–water partition coefficient (Wildman–Crippen LogP) is 1.23. The number of halogens is 1. The molecule has 0 saturated carbocycles. The van der Waals surface area contributed by atoms with E-state index in [0.29, 0.717) is 17.8 Å². The van der Waals surface area contributed by atoms with Gasteiger partial charge in [-0.1, -0.05) is 0 Å². The third kappa shape index (κ3) is 1.48. The SMILES string of the molecule is NCc1ncc2cc(F)ccc2n1. The maximum atomic E-state index is 12.7. The largest absolute Gasteiger partial charge is 0.324 e. The lowest BCUT2D eigenvalue weighted by atomic mass is 10.2. The summed E-state index contributed by atoms with van der Waals surface area (Å²) in [7, 11) is 0. The standard InChI is InChI=1S/C9H8FN3/c10-7-1-2-8-6(3-7)5-12-9(4-11)13-8/h1-3,5H,4,11H2. The Hall–Kier alpha value is -1.55. The van der Waals surface area contributed by atoms with Gasteiger partial charge in [0.15, 0.2) is 0 Å². The molecular formula is C9H8FN3. The normalized spacial score (nSPS) is 10.6. The minimum Gasteiger partial charge on any atom is -0.324 e. The molecule has 3 nitrogen and oxygen atoms in total. The van der Waals surface area contributed by atoms with Gasteiger partial charge >= 0.3 is 0 Å². The molecule has 0 bridgehead atoms. The van der Waals surface area contributed by atoms with Crippen LogP contribution in [0.5, 0.6) is 0 Å². The molecule has 1 aromatic heterocycles. The van der Waals surface area contributed by atoms with Crippen molar-refractivity contribution in [3.8, 4) is 0 Å². The van der Waals surface area contributed by atoms with E-state index in [0.717, 1.165) is 5.52 Å². The predicted molar refractivity (Wildman–Crippen MR) is 47.4 cm³/mol. The molecule has 0 atom stereocenters. The second-order valence-corrected chi connectivity index (χ2v) is 2.69. The summed E-state index contributed by atoms with van der Waals surface area (Å²) in [6, 6.07) is 4.39. The Kier molecular flexibility index (Phi) is 1.90. The van der Waals surface area contributed by atoms with Gasteiger partial charge in [0.2, 0.25) is 0 Å². The number of fused-ring (bicyclic) bond motifs is 1. The van der Waals surface area contributed by atoms with Gasteiger partial charge in [0.05, 0.1) is 12.1 Å². The summed E-state index contributed by atoms with van der Waals surface area (Å²) in [5.41, 5.74) is 6.09. The minimum absolute atomic E-state index is 0.281. The molecule has 0 saturated heterocycles. The van der Waals surface area contributed by atoms with Crippen LogP contribution in [0.4, 0.5) is 4.39 Å². The smallest absolute Gasteiger partial charge is 0.142 e. The van der Waals surface area contributed by atoms with Gasteiger partial charge in [0.25, 0.3) is 0 Å². The number of rotatable bonds is 1. The Bertz CT molecular complexity index is 442. The Morgan fingerprint density at radius 3 is 3.00 bits per heavy atom. The first kappa shape index (κ1) is 8.07. The number of benzene rings is 1. The van der Waals surface area contributed by atoms with Gasteiger partial charge in [-0.05, 0) is 18.2 Å². The van der Waals surface area contributed by atoms with Crippen molar-refractivity contribution in [1.82, 2.24) is 9.97 Å². The van der Waals surface area contributed by atoms with Gasteiger partial charge in [-0.15, -0.1) is 0 Å². The van der Waals surface area contributed by atoms with Crippen LogP contribution in [-0.4, -0.2) is 9.97 Å². The average Bonchev–Trinajstić information content (AvgIpc) is 2.17. The molecule has 2 aromatic rings. The quantitative estimate of drug-likeness (QED) is 0.712. The molecule has 66 valence electrons. The van der Waals surface area contributed by atoms with Crippen molar-refractivity contribution in [3.63, 3.8) is 0 Å². The zero-order chi connectivity index (χ0) is 9.26. The Labute approximate surface area is 74.4 Å². The van der Waals surface area contributed by atoms with E-state index >= 15 is 0 Å². The van der Waals surface area contributed by atoms with E-state index in [1.54, 1.807) is 12.3 Å². The highest BCUT2D eigenvalue weighted by Crippen LogP contribution is 2.11. The molecule has 0 fully saturated rings. The zero-order valence-electron chi connectivity index (χ0n) is 6.87. The van der Waals surface area contributed by atoms with Crippen molar-refractivity contribution in [2.75, 3.05) is 0 Å². The van der Waals surface area contributed by atoms with Gasteiger partial charge in [-0.25, -0.2) is 14.4 Å². The highest BCUT2D eigenvalue weighted by molar-refractivity contribution is 5.77. The van der Waals surface area contributed by atoms with Gasteiger partial charge in [0, 0.05) is 11.6 Å². The highest BCUT2D eigenvalue weighted by atomic mass is 19.1. The molecule has 0 aliphatic carbocycles. The monoisotopic (exact) mass is 177 g/mol. The molecular weight excluding hydrogens is 169 g/mol. The Morgan fingerprint density at radius 2 is 2.23 bits per heavy atom. The van der Waals surface area contributed by atoms with Crippen LogP contribution >= 0.6 is 0 Å². The summed E-state index contributed by atoms with van der Waals surface area (Å²) in [4.78, 5) is 8.10. The number of nitrogens with two attached hydrogens (primary N) is 1. The van der Waals surface area contributed by atoms with E-state index in [1.807, 2.05) is 0 Å². The second kappa shape index (κ2) is 3.06. The van der Waals surface area contributed by atoms with Crippen LogP contribution in [-0.2, 0) is 6.54 Å². The fourth-order valence-corrected chi connectivity index (χ4v) is 1.14. The fraction of sp³-hybridized carbons (Fsp3) is 0.111. The van der Waals surface area contributed by atoms with Crippen LogP contribution in [0.1, 0.15) is 5.82 Å². The summed E-state index contributed by atoms with van der Waals surface area (Å²) in [5.74, 6) is 0.288. The van der Waals surface area contributed by atoms with Crippen molar-refractivity contribution in [3.05, 3.63) is 36.0 Å². The van der Waals surface area contributed by atoms with E-state index in [2.05, 4.69) is 9.97 Å².